The highest BCUT2D eigenvalue weighted by atomic mass is 32.2. The lowest BCUT2D eigenvalue weighted by Gasteiger charge is -2.19. The second-order valence-corrected chi connectivity index (χ2v) is 9.45. The predicted octanol–water partition coefficient (Wildman–Crippen LogP) is 4.96. The SMILES string of the molecule is O=C(Nc1cccc(Nc2ccccc2)c1)C(Cc1ccccc1)NS(=O)(=O)c1ccccc1. The fourth-order valence-corrected chi connectivity index (χ4v) is 4.70. The molecule has 0 spiro atoms. The van der Waals surface area contributed by atoms with Crippen molar-refractivity contribution in [1.82, 2.24) is 4.72 Å². The van der Waals surface area contributed by atoms with E-state index in [1.165, 1.54) is 12.1 Å². The molecule has 0 aromatic heterocycles. The van der Waals surface area contributed by atoms with E-state index < -0.39 is 22.0 Å². The van der Waals surface area contributed by atoms with Gasteiger partial charge >= 0.3 is 0 Å². The summed E-state index contributed by atoms with van der Waals surface area (Å²) in [6.45, 7) is 0. The van der Waals surface area contributed by atoms with Crippen LogP contribution in [0.1, 0.15) is 5.56 Å². The zero-order chi connectivity index (χ0) is 23.8. The second kappa shape index (κ2) is 10.8. The first kappa shape index (κ1) is 23.2. The van der Waals surface area contributed by atoms with E-state index in [4.69, 9.17) is 0 Å². The number of carbonyl (C=O) groups excluding carboxylic acids is 1. The first-order valence-electron chi connectivity index (χ1n) is 10.8. The molecule has 7 heteroatoms. The molecule has 0 saturated carbocycles. The molecule has 34 heavy (non-hydrogen) atoms. The topological polar surface area (TPSA) is 87.3 Å². The summed E-state index contributed by atoms with van der Waals surface area (Å²) in [5.74, 6) is -0.444. The van der Waals surface area contributed by atoms with Gasteiger partial charge in [0.15, 0.2) is 0 Å². The van der Waals surface area contributed by atoms with E-state index in [0.29, 0.717) is 5.69 Å². The summed E-state index contributed by atoms with van der Waals surface area (Å²) < 4.78 is 28.5. The number of anilines is 3. The summed E-state index contributed by atoms with van der Waals surface area (Å²) in [7, 11) is -3.89. The van der Waals surface area contributed by atoms with Crippen LogP contribution in [0.3, 0.4) is 0 Å². The number of carbonyl (C=O) groups is 1. The molecule has 0 aliphatic heterocycles. The third-order valence-electron chi connectivity index (χ3n) is 5.14. The van der Waals surface area contributed by atoms with Gasteiger partial charge in [0.2, 0.25) is 15.9 Å². The Balaban J connectivity index is 1.54. The number of benzene rings is 4. The molecule has 6 nitrogen and oxygen atoms in total. The molecule has 0 aliphatic carbocycles. The first-order valence-corrected chi connectivity index (χ1v) is 12.3. The Hall–Kier alpha value is -3.94. The molecule has 1 atom stereocenters. The first-order chi connectivity index (χ1) is 16.5. The quantitative estimate of drug-likeness (QED) is 0.322. The largest absolute Gasteiger partial charge is 0.355 e. The number of hydrogen-bond acceptors (Lipinski definition) is 4. The minimum atomic E-state index is -3.89. The van der Waals surface area contributed by atoms with Crippen molar-refractivity contribution < 1.29 is 13.2 Å². The van der Waals surface area contributed by atoms with Gasteiger partial charge < -0.3 is 10.6 Å². The van der Waals surface area contributed by atoms with Crippen molar-refractivity contribution in [2.45, 2.75) is 17.4 Å². The number of para-hydroxylation sites is 1. The molecule has 172 valence electrons. The van der Waals surface area contributed by atoms with Gasteiger partial charge in [-0.3, -0.25) is 4.79 Å². The molecular formula is C27H25N3O3S. The van der Waals surface area contributed by atoms with Crippen LogP contribution in [-0.4, -0.2) is 20.4 Å². The van der Waals surface area contributed by atoms with Crippen LogP contribution in [0.5, 0.6) is 0 Å². The summed E-state index contributed by atoms with van der Waals surface area (Å²) in [5, 5.41) is 6.14. The van der Waals surface area contributed by atoms with Crippen molar-refractivity contribution in [3.63, 3.8) is 0 Å². The number of sulfonamides is 1. The van der Waals surface area contributed by atoms with Gasteiger partial charge in [-0.05, 0) is 54.4 Å². The molecule has 4 aromatic carbocycles. The maximum Gasteiger partial charge on any atom is 0.242 e. The number of hydrogen-bond donors (Lipinski definition) is 3. The van der Waals surface area contributed by atoms with Gasteiger partial charge in [0.25, 0.3) is 0 Å². The van der Waals surface area contributed by atoms with E-state index in [0.717, 1.165) is 16.9 Å². The number of nitrogens with one attached hydrogen (secondary N) is 3. The van der Waals surface area contributed by atoms with Crippen LogP contribution in [0.25, 0.3) is 0 Å². The Labute approximate surface area is 199 Å². The highest BCUT2D eigenvalue weighted by Gasteiger charge is 2.26. The Morgan fingerprint density at radius 1 is 0.676 bits per heavy atom. The summed E-state index contributed by atoms with van der Waals surface area (Å²) >= 11 is 0. The predicted molar refractivity (Wildman–Crippen MR) is 135 cm³/mol. The van der Waals surface area contributed by atoms with Gasteiger partial charge in [0.05, 0.1) is 4.90 Å². The average molecular weight is 472 g/mol. The third-order valence-corrected chi connectivity index (χ3v) is 6.63. The molecule has 4 rings (SSSR count). The van der Waals surface area contributed by atoms with Gasteiger partial charge in [0.1, 0.15) is 6.04 Å². The minimum absolute atomic E-state index is 0.106. The molecule has 1 amide bonds. The van der Waals surface area contributed by atoms with Gasteiger partial charge in [-0.2, -0.15) is 4.72 Å². The van der Waals surface area contributed by atoms with E-state index in [9.17, 15) is 13.2 Å². The lowest BCUT2D eigenvalue weighted by atomic mass is 10.1. The van der Waals surface area contributed by atoms with Gasteiger partial charge in [-0.15, -0.1) is 0 Å². The Morgan fingerprint density at radius 3 is 1.91 bits per heavy atom. The van der Waals surface area contributed by atoms with Crippen LogP contribution in [-0.2, 0) is 21.2 Å². The zero-order valence-corrected chi connectivity index (χ0v) is 19.2. The van der Waals surface area contributed by atoms with E-state index in [2.05, 4.69) is 15.4 Å². The molecule has 0 bridgehead atoms. The standard InChI is InChI=1S/C27H25N3O3S/c31-27(29-24-16-10-15-23(20-24)28-22-13-6-2-7-14-22)26(19-21-11-4-1-5-12-21)30-34(32,33)25-17-8-3-9-18-25/h1-18,20,26,28,30H,19H2,(H,29,31). The molecule has 0 radical (unpaired) electrons. The van der Waals surface area contributed by atoms with Crippen molar-refractivity contribution in [3.8, 4) is 0 Å². The Bertz CT molecular complexity index is 1330. The van der Waals surface area contributed by atoms with Crippen molar-refractivity contribution in [2.75, 3.05) is 10.6 Å². The van der Waals surface area contributed by atoms with Crippen LogP contribution in [0.4, 0.5) is 17.1 Å². The van der Waals surface area contributed by atoms with Crippen molar-refractivity contribution in [3.05, 3.63) is 121 Å². The van der Waals surface area contributed by atoms with Gasteiger partial charge in [0, 0.05) is 17.1 Å². The van der Waals surface area contributed by atoms with Crippen LogP contribution in [0.2, 0.25) is 0 Å². The van der Waals surface area contributed by atoms with Crippen molar-refractivity contribution in [2.24, 2.45) is 0 Å². The minimum Gasteiger partial charge on any atom is -0.355 e. The fraction of sp³-hybridized carbons (Fsp3) is 0.0741. The third kappa shape index (κ3) is 6.31. The van der Waals surface area contributed by atoms with Crippen LogP contribution < -0.4 is 15.4 Å². The van der Waals surface area contributed by atoms with Crippen LogP contribution in [0, 0.1) is 0 Å². The monoisotopic (exact) mass is 471 g/mol. The summed E-state index contributed by atoms with van der Waals surface area (Å²) in [6.07, 6.45) is 0.209. The molecule has 0 heterocycles. The van der Waals surface area contributed by atoms with Gasteiger partial charge in [-0.1, -0.05) is 72.8 Å². The van der Waals surface area contributed by atoms with Crippen LogP contribution >= 0.6 is 0 Å². The fourth-order valence-electron chi connectivity index (χ4n) is 3.48. The normalized spacial score (nSPS) is 12.0. The number of amides is 1. The van der Waals surface area contributed by atoms with Crippen molar-refractivity contribution >= 4 is 33.0 Å². The van der Waals surface area contributed by atoms with Gasteiger partial charge in [-0.25, -0.2) is 8.42 Å². The molecule has 0 aliphatic rings. The van der Waals surface area contributed by atoms with Crippen LogP contribution in [0.15, 0.2) is 120 Å². The molecule has 3 N–H and O–H groups in total. The van der Waals surface area contributed by atoms with E-state index in [1.807, 2.05) is 72.8 Å². The van der Waals surface area contributed by atoms with E-state index >= 15 is 0 Å². The second-order valence-electron chi connectivity index (χ2n) is 7.74. The maximum atomic E-state index is 13.2. The zero-order valence-electron chi connectivity index (χ0n) is 18.4. The highest BCUT2D eigenvalue weighted by molar-refractivity contribution is 7.89. The Kier molecular flexibility index (Phi) is 7.37. The molecule has 4 aromatic rings. The highest BCUT2D eigenvalue weighted by Crippen LogP contribution is 2.20. The molecule has 1 unspecified atom stereocenters. The smallest absolute Gasteiger partial charge is 0.242 e. The lowest BCUT2D eigenvalue weighted by molar-refractivity contribution is -0.117. The molecule has 0 saturated heterocycles. The number of rotatable bonds is 9. The summed E-state index contributed by atoms with van der Waals surface area (Å²) in [4.78, 5) is 13.3. The molecule has 0 fully saturated rings. The summed E-state index contributed by atoms with van der Waals surface area (Å²) in [5.41, 5.74) is 3.12. The summed E-state index contributed by atoms with van der Waals surface area (Å²) in [6, 6.07) is 33.3. The van der Waals surface area contributed by atoms with E-state index in [-0.39, 0.29) is 11.3 Å². The Morgan fingerprint density at radius 2 is 1.24 bits per heavy atom. The average Bonchev–Trinajstić information content (AvgIpc) is 2.85. The maximum absolute atomic E-state index is 13.2. The molecular weight excluding hydrogens is 446 g/mol. The van der Waals surface area contributed by atoms with E-state index in [1.54, 1.807) is 30.3 Å². The van der Waals surface area contributed by atoms with Crippen molar-refractivity contribution in [1.29, 1.82) is 0 Å². The lowest BCUT2D eigenvalue weighted by Crippen LogP contribution is -2.45.